The molecule has 27 heavy (non-hydrogen) atoms. The molecule has 1 unspecified atom stereocenters. The summed E-state index contributed by atoms with van der Waals surface area (Å²) in [6.45, 7) is 5.31. The molecule has 2 aromatic rings. The third-order valence-electron chi connectivity index (χ3n) is 4.03. The molecule has 0 aliphatic heterocycles. The molecular weight excluding hydrogens is 402 g/mol. The van der Waals surface area contributed by atoms with Gasteiger partial charge in [-0.2, -0.15) is 13.2 Å². The number of hydrogen-bond acceptors (Lipinski definition) is 2. The zero-order valence-corrected chi connectivity index (χ0v) is 16.3. The van der Waals surface area contributed by atoms with E-state index >= 15 is 0 Å². The van der Waals surface area contributed by atoms with Gasteiger partial charge in [-0.05, 0) is 40.8 Å². The second kappa shape index (κ2) is 7.24. The molecule has 0 saturated heterocycles. The Labute approximate surface area is 165 Å². The van der Waals surface area contributed by atoms with Crippen LogP contribution in [0.15, 0.2) is 42.5 Å². The van der Waals surface area contributed by atoms with Gasteiger partial charge >= 0.3 is 12.3 Å². The fourth-order valence-electron chi connectivity index (χ4n) is 2.70. The first kappa shape index (κ1) is 21.4. The van der Waals surface area contributed by atoms with Gasteiger partial charge in [0, 0.05) is 10.6 Å². The summed E-state index contributed by atoms with van der Waals surface area (Å²) >= 11 is 12.0. The van der Waals surface area contributed by atoms with E-state index < -0.39 is 22.6 Å². The van der Waals surface area contributed by atoms with E-state index in [1.165, 1.54) is 42.5 Å². The Bertz CT molecular complexity index is 846. The zero-order chi connectivity index (χ0) is 20.6. The smallest absolute Gasteiger partial charge is 0.410 e. The number of nitrogens with two attached hydrogens (primary N) is 1. The van der Waals surface area contributed by atoms with Crippen molar-refractivity contribution in [2.45, 2.75) is 37.2 Å². The van der Waals surface area contributed by atoms with Gasteiger partial charge in [0.15, 0.2) is 4.87 Å². The van der Waals surface area contributed by atoms with E-state index in [-0.39, 0.29) is 16.9 Å². The van der Waals surface area contributed by atoms with Gasteiger partial charge in [-0.15, -0.1) is 0 Å². The van der Waals surface area contributed by atoms with Crippen LogP contribution in [0.2, 0.25) is 5.02 Å². The van der Waals surface area contributed by atoms with Crippen LogP contribution in [0.1, 0.15) is 37.5 Å². The van der Waals surface area contributed by atoms with Gasteiger partial charge in [0.25, 0.3) is 0 Å². The largest absolute Gasteiger partial charge is 0.415 e. The minimum atomic E-state index is -4.80. The third kappa shape index (κ3) is 4.33. The summed E-state index contributed by atoms with van der Waals surface area (Å²) in [6.07, 6.45) is -5.86. The molecule has 0 aliphatic carbocycles. The second-order valence-electron chi connectivity index (χ2n) is 7.05. The number of carbonyl (C=O) groups is 1. The third-order valence-corrected chi connectivity index (χ3v) is 4.93. The van der Waals surface area contributed by atoms with Crippen LogP contribution in [0.5, 0.6) is 5.75 Å². The van der Waals surface area contributed by atoms with E-state index in [9.17, 15) is 18.0 Å². The highest BCUT2D eigenvalue weighted by atomic mass is 35.5. The van der Waals surface area contributed by atoms with Crippen LogP contribution in [0.25, 0.3) is 0 Å². The van der Waals surface area contributed by atoms with E-state index in [1.54, 1.807) is 20.8 Å². The van der Waals surface area contributed by atoms with Crippen LogP contribution in [0.3, 0.4) is 0 Å². The molecule has 1 atom stereocenters. The molecule has 0 spiro atoms. The Hall–Kier alpha value is -1.92. The minimum Gasteiger partial charge on any atom is -0.410 e. The Kier molecular flexibility index (Phi) is 5.74. The number of halogens is 5. The Morgan fingerprint density at radius 1 is 1.00 bits per heavy atom. The highest BCUT2D eigenvalue weighted by Crippen LogP contribution is 2.51. The maximum absolute atomic E-state index is 14.0. The lowest BCUT2D eigenvalue weighted by Gasteiger charge is -2.32. The molecule has 146 valence electrons. The molecule has 8 heteroatoms. The fourth-order valence-corrected chi connectivity index (χ4v) is 3.07. The monoisotopic (exact) mass is 419 g/mol. The Morgan fingerprint density at radius 3 is 1.96 bits per heavy atom. The molecule has 0 saturated carbocycles. The molecule has 0 fully saturated rings. The van der Waals surface area contributed by atoms with Gasteiger partial charge in [0.2, 0.25) is 0 Å². The fraction of sp³-hybridized carbons (Fsp3) is 0.316. The van der Waals surface area contributed by atoms with Crippen LogP contribution in [-0.4, -0.2) is 12.3 Å². The van der Waals surface area contributed by atoms with Crippen LogP contribution in [0.4, 0.5) is 18.0 Å². The van der Waals surface area contributed by atoms with Crippen LogP contribution in [0, 0.1) is 0 Å². The summed E-state index contributed by atoms with van der Waals surface area (Å²) in [7, 11) is 0. The summed E-state index contributed by atoms with van der Waals surface area (Å²) in [5, 5.41) is 0.292. The summed E-state index contributed by atoms with van der Waals surface area (Å²) in [6, 6.07) is 8.86. The SMILES string of the molecule is CC(C)(C)c1cc(C(Cl)(c2ccc(Cl)cc2)C(F)(F)F)ccc1OC(N)=O. The quantitative estimate of drug-likeness (QED) is 0.607. The number of alkyl halides is 4. The molecule has 2 aromatic carbocycles. The van der Waals surface area contributed by atoms with Crippen molar-refractivity contribution < 1.29 is 22.7 Å². The van der Waals surface area contributed by atoms with E-state index in [0.29, 0.717) is 10.6 Å². The normalized spacial score (nSPS) is 14.5. The second-order valence-corrected chi connectivity index (χ2v) is 8.05. The van der Waals surface area contributed by atoms with Gasteiger partial charge in [-0.3, -0.25) is 0 Å². The molecule has 2 N–H and O–H groups in total. The first-order valence-corrected chi connectivity index (χ1v) is 8.66. The summed E-state index contributed by atoms with van der Waals surface area (Å²) in [4.78, 5) is 8.32. The van der Waals surface area contributed by atoms with Crippen molar-refractivity contribution in [3.05, 3.63) is 64.2 Å². The lowest BCUT2D eigenvalue weighted by atomic mass is 9.81. The van der Waals surface area contributed by atoms with E-state index in [0.717, 1.165) is 0 Å². The van der Waals surface area contributed by atoms with Crippen LogP contribution < -0.4 is 10.5 Å². The number of hydrogen-bond donors (Lipinski definition) is 1. The zero-order valence-electron chi connectivity index (χ0n) is 14.8. The summed E-state index contributed by atoms with van der Waals surface area (Å²) < 4.78 is 47.1. The predicted octanol–water partition coefficient (Wildman–Crippen LogP) is 6.14. The van der Waals surface area contributed by atoms with Crippen molar-refractivity contribution in [3.8, 4) is 5.75 Å². The predicted molar refractivity (Wildman–Crippen MR) is 99.5 cm³/mol. The molecule has 2 rings (SSSR count). The average molecular weight is 420 g/mol. The average Bonchev–Trinajstić information content (AvgIpc) is 2.52. The molecule has 3 nitrogen and oxygen atoms in total. The topological polar surface area (TPSA) is 52.3 Å². The number of ether oxygens (including phenoxy) is 1. The number of rotatable bonds is 3. The minimum absolute atomic E-state index is 0.0797. The van der Waals surface area contributed by atoms with Crippen molar-refractivity contribution >= 4 is 29.3 Å². The standard InChI is InChI=1S/C19H18Cl2F3NO2/c1-17(2,3)14-10-12(6-9-15(14)27-16(25)26)18(21,19(22,23)24)11-4-7-13(20)8-5-11/h4-10H,1-3H3,(H2,25,26). The Balaban J connectivity index is 2.74. The maximum Gasteiger partial charge on any atom is 0.415 e. The van der Waals surface area contributed by atoms with Gasteiger partial charge < -0.3 is 10.5 Å². The van der Waals surface area contributed by atoms with E-state index in [2.05, 4.69) is 0 Å². The number of benzene rings is 2. The maximum atomic E-state index is 14.0. The van der Waals surface area contributed by atoms with E-state index in [1.807, 2.05) is 0 Å². The van der Waals surface area contributed by atoms with Gasteiger partial charge in [0.1, 0.15) is 5.75 Å². The molecule has 0 aromatic heterocycles. The lowest BCUT2D eigenvalue weighted by Crippen LogP contribution is -2.38. The molecule has 0 aliphatic rings. The summed E-state index contributed by atoms with van der Waals surface area (Å²) in [5.41, 5.74) is 4.40. The van der Waals surface area contributed by atoms with Crippen LogP contribution >= 0.6 is 23.2 Å². The molecule has 0 bridgehead atoms. The van der Waals surface area contributed by atoms with Crippen LogP contribution in [-0.2, 0) is 10.3 Å². The van der Waals surface area contributed by atoms with Gasteiger partial charge in [-0.1, -0.05) is 62.2 Å². The van der Waals surface area contributed by atoms with Crippen molar-refractivity contribution in [1.29, 1.82) is 0 Å². The number of carbonyl (C=O) groups excluding carboxylic acids is 1. The highest BCUT2D eigenvalue weighted by molar-refractivity contribution is 6.30. The van der Waals surface area contributed by atoms with Crippen molar-refractivity contribution in [1.82, 2.24) is 0 Å². The van der Waals surface area contributed by atoms with E-state index in [4.69, 9.17) is 33.7 Å². The first-order valence-electron chi connectivity index (χ1n) is 7.91. The molecule has 0 heterocycles. The molecular formula is C19H18Cl2F3NO2. The molecule has 0 radical (unpaired) electrons. The molecule has 1 amide bonds. The van der Waals surface area contributed by atoms with Crippen molar-refractivity contribution in [2.75, 3.05) is 0 Å². The number of amides is 1. The van der Waals surface area contributed by atoms with Gasteiger partial charge in [-0.25, -0.2) is 4.79 Å². The van der Waals surface area contributed by atoms with Crippen molar-refractivity contribution in [3.63, 3.8) is 0 Å². The van der Waals surface area contributed by atoms with Crippen molar-refractivity contribution in [2.24, 2.45) is 5.73 Å². The highest BCUT2D eigenvalue weighted by Gasteiger charge is 2.56. The van der Waals surface area contributed by atoms with Gasteiger partial charge in [0.05, 0.1) is 0 Å². The lowest BCUT2D eigenvalue weighted by molar-refractivity contribution is -0.154. The first-order chi connectivity index (χ1) is 12.3. The number of primary amides is 1. The Morgan fingerprint density at radius 2 is 1.52 bits per heavy atom. The summed E-state index contributed by atoms with van der Waals surface area (Å²) in [5.74, 6) is 0.0797.